The largest absolute Gasteiger partial charge is 0.393 e. The molecule has 1 aliphatic heterocycles. The van der Waals surface area contributed by atoms with Crippen LogP contribution in [0.2, 0.25) is 0 Å². The minimum Gasteiger partial charge on any atom is -0.393 e. The fourth-order valence-corrected chi connectivity index (χ4v) is 3.64. The minimum atomic E-state index is -0.164. The number of anilines is 1. The molecule has 1 atom stereocenters. The van der Waals surface area contributed by atoms with Crippen LogP contribution in [0.25, 0.3) is 0 Å². The Kier molecular flexibility index (Phi) is 6.06. The van der Waals surface area contributed by atoms with Gasteiger partial charge in [-0.05, 0) is 31.7 Å². The van der Waals surface area contributed by atoms with E-state index >= 15 is 0 Å². The Morgan fingerprint density at radius 2 is 2.19 bits per heavy atom. The number of carbonyl (C=O) groups is 1. The summed E-state index contributed by atoms with van der Waals surface area (Å²) in [5, 5.41) is 15.7. The molecule has 1 aromatic heterocycles. The summed E-state index contributed by atoms with van der Waals surface area (Å²) in [4.78, 5) is 14.5. The van der Waals surface area contributed by atoms with Gasteiger partial charge in [0.25, 0.3) is 5.91 Å². The van der Waals surface area contributed by atoms with E-state index in [0.717, 1.165) is 55.8 Å². The first-order valence-corrected chi connectivity index (χ1v) is 8.84. The molecule has 1 aromatic rings. The van der Waals surface area contributed by atoms with E-state index in [1.165, 1.54) is 0 Å². The van der Waals surface area contributed by atoms with Gasteiger partial charge in [0, 0.05) is 24.5 Å². The zero-order chi connectivity index (χ0) is 15.2. The third kappa shape index (κ3) is 4.45. The molecule has 1 fully saturated rings. The first-order valence-electron chi connectivity index (χ1n) is 7.96. The number of nitrogens with zero attached hydrogens (tertiary/aromatic N) is 1. The van der Waals surface area contributed by atoms with Crippen molar-refractivity contribution in [3.63, 3.8) is 0 Å². The topological polar surface area (TPSA) is 52.6 Å². The molecule has 1 saturated heterocycles. The van der Waals surface area contributed by atoms with Crippen molar-refractivity contribution in [3.8, 4) is 0 Å². The summed E-state index contributed by atoms with van der Waals surface area (Å²) in [7, 11) is 0. The van der Waals surface area contributed by atoms with E-state index in [4.69, 9.17) is 0 Å². The molecule has 5 heteroatoms. The second kappa shape index (κ2) is 7.80. The Morgan fingerprint density at radius 1 is 1.48 bits per heavy atom. The van der Waals surface area contributed by atoms with E-state index < -0.39 is 0 Å². The maximum Gasteiger partial charge on any atom is 0.252 e. The summed E-state index contributed by atoms with van der Waals surface area (Å²) in [5.74, 6) is 0.0369. The number of amides is 1. The van der Waals surface area contributed by atoms with Crippen LogP contribution in [-0.2, 0) is 0 Å². The zero-order valence-corrected chi connectivity index (χ0v) is 13.8. The van der Waals surface area contributed by atoms with Gasteiger partial charge in [-0.3, -0.25) is 4.79 Å². The molecule has 1 amide bonds. The SMILES string of the molecule is CCCC(CC)NC(=O)c1csc(N2CCC(O)CC2)c1. The highest BCUT2D eigenvalue weighted by atomic mass is 32.1. The molecule has 2 heterocycles. The molecule has 0 saturated carbocycles. The molecule has 0 spiro atoms. The summed E-state index contributed by atoms with van der Waals surface area (Å²) < 4.78 is 0. The fourth-order valence-electron chi connectivity index (χ4n) is 2.69. The van der Waals surface area contributed by atoms with Crippen LogP contribution in [-0.4, -0.2) is 36.2 Å². The average molecular weight is 310 g/mol. The molecule has 0 aromatic carbocycles. The molecule has 0 bridgehead atoms. The number of hydrogen-bond donors (Lipinski definition) is 2. The van der Waals surface area contributed by atoms with Crippen LogP contribution in [0, 0.1) is 0 Å². The van der Waals surface area contributed by atoms with Crippen molar-refractivity contribution in [2.24, 2.45) is 0 Å². The predicted octanol–water partition coefficient (Wildman–Crippen LogP) is 3.02. The normalized spacial score (nSPS) is 17.8. The van der Waals surface area contributed by atoms with Crippen molar-refractivity contribution >= 4 is 22.2 Å². The standard InChI is InChI=1S/C16H26N2O2S/c1-3-5-13(4-2)17-16(20)12-10-15(21-11-12)18-8-6-14(19)7-9-18/h10-11,13-14,19H,3-9H2,1-2H3,(H,17,20). The van der Waals surface area contributed by atoms with Crippen LogP contribution in [0.3, 0.4) is 0 Å². The Balaban J connectivity index is 1.94. The van der Waals surface area contributed by atoms with Gasteiger partial charge in [0.05, 0.1) is 16.7 Å². The Morgan fingerprint density at radius 3 is 2.81 bits per heavy atom. The van der Waals surface area contributed by atoms with Crippen molar-refractivity contribution in [2.75, 3.05) is 18.0 Å². The van der Waals surface area contributed by atoms with Gasteiger partial charge < -0.3 is 15.3 Å². The second-order valence-electron chi connectivity index (χ2n) is 5.76. The number of aliphatic hydroxyl groups excluding tert-OH is 1. The number of thiophene rings is 1. The number of piperidine rings is 1. The van der Waals surface area contributed by atoms with E-state index in [2.05, 4.69) is 24.1 Å². The molecule has 4 nitrogen and oxygen atoms in total. The molecule has 21 heavy (non-hydrogen) atoms. The van der Waals surface area contributed by atoms with Crippen LogP contribution < -0.4 is 10.2 Å². The van der Waals surface area contributed by atoms with Gasteiger partial charge >= 0.3 is 0 Å². The fraction of sp³-hybridized carbons (Fsp3) is 0.688. The third-order valence-electron chi connectivity index (χ3n) is 4.09. The van der Waals surface area contributed by atoms with E-state index in [1.807, 2.05) is 11.4 Å². The summed E-state index contributed by atoms with van der Waals surface area (Å²) >= 11 is 1.62. The molecule has 0 aliphatic carbocycles. The highest BCUT2D eigenvalue weighted by molar-refractivity contribution is 7.14. The minimum absolute atomic E-state index is 0.0369. The van der Waals surface area contributed by atoms with E-state index in [1.54, 1.807) is 11.3 Å². The van der Waals surface area contributed by atoms with Gasteiger partial charge in [-0.2, -0.15) is 0 Å². The van der Waals surface area contributed by atoms with Crippen molar-refractivity contribution in [3.05, 3.63) is 17.0 Å². The lowest BCUT2D eigenvalue weighted by Crippen LogP contribution is -2.35. The van der Waals surface area contributed by atoms with Crippen molar-refractivity contribution in [2.45, 2.75) is 58.1 Å². The number of aliphatic hydroxyl groups is 1. The summed E-state index contributed by atoms with van der Waals surface area (Å²) in [6.45, 7) is 5.99. The van der Waals surface area contributed by atoms with E-state index in [0.29, 0.717) is 0 Å². The van der Waals surface area contributed by atoms with E-state index in [-0.39, 0.29) is 18.1 Å². The van der Waals surface area contributed by atoms with E-state index in [9.17, 15) is 9.90 Å². The second-order valence-corrected chi connectivity index (χ2v) is 6.65. The predicted molar refractivity (Wildman–Crippen MR) is 88.2 cm³/mol. The average Bonchev–Trinajstić information content (AvgIpc) is 2.97. The van der Waals surface area contributed by atoms with Crippen molar-refractivity contribution in [1.29, 1.82) is 0 Å². The lowest BCUT2D eigenvalue weighted by molar-refractivity contribution is 0.0934. The lowest BCUT2D eigenvalue weighted by Gasteiger charge is -2.30. The number of hydrogen-bond acceptors (Lipinski definition) is 4. The Hall–Kier alpha value is -1.07. The van der Waals surface area contributed by atoms with Gasteiger partial charge in [0.2, 0.25) is 0 Å². The van der Waals surface area contributed by atoms with Crippen LogP contribution in [0.15, 0.2) is 11.4 Å². The monoisotopic (exact) mass is 310 g/mol. The third-order valence-corrected chi connectivity index (χ3v) is 5.08. The van der Waals surface area contributed by atoms with Crippen molar-refractivity contribution < 1.29 is 9.90 Å². The molecule has 2 rings (SSSR count). The maximum atomic E-state index is 12.3. The van der Waals surface area contributed by atoms with Gasteiger partial charge in [0.15, 0.2) is 0 Å². The first-order chi connectivity index (χ1) is 10.1. The molecule has 118 valence electrons. The molecule has 1 unspecified atom stereocenters. The summed E-state index contributed by atoms with van der Waals surface area (Å²) in [6, 6.07) is 2.26. The van der Waals surface area contributed by atoms with Crippen LogP contribution in [0.5, 0.6) is 0 Å². The number of carbonyl (C=O) groups excluding carboxylic acids is 1. The lowest BCUT2D eigenvalue weighted by atomic mass is 10.1. The van der Waals surface area contributed by atoms with Gasteiger partial charge in [0.1, 0.15) is 0 Å². The van der Waals surface area contributed by atoms with Gasteiger partial charge in [-0.25, -0.2) is 0 Å². The first kappa shape index (κ1) is 16.3. The highest BCUT2D eigenvalue weighted by Crippen LogP contribution is 2.27. The number of nitrogens with one attached hydrogen (secondary N) is 1. The molecule has 0 radical (unpaired) electrons. The Bertz CT molecular complexity index is 453. The Labute approximate surface area is 131 Å². The van der Waals surface area contributed by atoms with Crippen LogP contribution in [0.1, 0.15) is 56.3 Å². The smallest absolute Gasteiger partial charge is 0.252 e. The quantitative estimate of drug-likeness (QED) is 0.849. The molecule has 2 N–H and O–H groups in total. The summed E-state index contributed by atoms with van der Waals surface area (Å²) in [6.07, 6.45) is 4.55. The molecular weight excluding hydrogens is 284 g/mol. The maximum absolute atomic E-state index is 12.3. The zero-order valence-electron chi connectivity index (χ0n) is 13.0. The van der Waals surface area contributed by atoms with Crippen LogP contribution >= 0.6 is 11.3 Å². The van der Waals surface area contributed by atoms with Gasteiger partial charge in [-0.15, -0.1) is 11.3 Å². The van der Waals surface area contributed by atoms with Crippen molar-refractivity contribution in [1.82, 2.24) is 5.32 Å². The highest BCUT2D eigenvalue weighted by Gasteiger charge is 2.20. The van der Waals surface area contributed by atoms with Crippen LogP contribution in [0.4, 0.5) is 5.00 Å². The number of rotatable bonds is 6. The molecular formula is C16H26N2O2S. The molecule has 1 aliphatic rings. The van der Waals surface area contributed by atoms with Gasteiger partial charge in [-0.1, -0.05) is 20.3 Å². The summed E-state index contributed by atoms with van der Waals surface area (Å²) in [5.41, 5.74) is 0.760.